The topological polar surface area (TPSA) is 37.3 Å². The van der Waals surface area contributed by atoms with E-state index in [1.165, 1.54) is 13.0 Å². The second-order valence-electron chi connectivity index (χ2n) is 6.11. The van der Waals surface area contributed by atoms with Crippen LogP contribution in [0.15, 0.2) is 42.5 Å². The van der Waals surface area contributed by atoms with Gasteiger partial charge < -0.3 is 5.11 Å². The van der Waals surface area contributed by atoms with Gasteiger partial charge in [0.15, 0.2) is 0 Å². The van der Waals surface area contributed by atoms with E-state index >= 15 is 0 Å². The summed E-state index contributed by atoms with van der Waals surface area (Å²) in [6.07, 6.45) is -9.94. The fraction of sp³-hybridized carbons (Fsp3) is 0.211. The monoisotopic (exact) mass is 440 g/mol. The van der Waals surface area contributed by atoms with E-state index in [4.69, 9.17) is 16.7 Å². The molecule has 0 aromatic heterocycles. The zero-order chi connectivity index (χ0) is 22.1. The van der Waals surface area contributed by atoms with Gasteiger partial charge in [-0.2, -0.15) is 26.3 Å². The van der Waals surface area contributed by atoms with E-state index in [0.717, 1.165) is 12.1 Å². The number of aryl methyl sites for hydroxylation is 1. The molecule has 0 aliphatic rings. The summed E-state index contributed by atoms with van der Waals surface area (Å²) in [4.78, 5) is 10.9. The summed E-state index contributed by atoms with van der Waals surface area (Å²) in [5, 5.41) is 9.03. The van der Waals surface area contributed by atoms with Gasteiger partial charge in [-0.25, -0.2) is 9.18 Å². The third kappa shape index (κ3) is 5.29. The van der Waals surface area contributed by atoms with Crippen LogP contribution in [-0.2, 0) is 6.18 Å². The number of benzene rings is 2. The molecular formula is C19H12ClF7O2. The highest BCUT2D eigenvalue weighted by Gasteiger charge is 2.40. The molecule has 1 unspecified atom stereocenters. The molecule has 2 rings (SSSR count). The number of alkyl halides is 6. The highest BCUT2D eigenvalue weighted by molar-refractivity contribution is 6.31. The van der Waals surface area contributed by atoms with Gasteiger partial charge >= 0.3 is 18.3 Å². The minimum atomic E-state index is -5.14. The van der Waals surface area contributed by atoms with E-state index in [-0.39, 0.29) is 22.7 Å². The third-order valence-corrected chi connectivity index (χ3v) is 4.46. The summed E-state index contributed by atoms with van der Waals surface area (Å²) in [5.74, 6) is -5.94. The molecule has 1 N–H and O–H groups in total. The molecule has 2 aromatic carbocycles. The van der Waals surface area contributed by atoms with E-state index in [9.17, 15) is 35.5 Å². The molecule has 2 nitrogen and oxygen atoms in total. The molecule has 0 saturated heterocycles. The van der Waals surface area contributed by atoms with Crippen molar-refractivity contribution in [1.29, 1.82) is 0 Å². The van der Waals surface area contributed by atoms with Crippen LogP contribution >= 0.6 is 11.6 Å². The molecule has 0 radical (unpaired) electrons. The SMILES string of the molecule is Cc1cc(C(C=C(F)c2ccc(C(=O)O)c(C(F)(F)F)c2)C(F)(F)F)ccc1Cl. The van der Waals surface area contributed by atoms with Gasteiger partial charge in [-0.15, -0.1) is 0 Å². The van der Waals surface area contributed by atoms with Crippen LogP contribution in [0.2, 0.25) is 5.02 Å². The van der Waals surface area contributed by atoms with Crippen molar-refractivity contribution in [1.82, 2.24) is 0 Å². The van der Waals surface area contributed by atoms with Crippen LogP contribution in [0.3, 0.4) is 0 Å². The summed E-state index contributed by atoms with van der Waals surface area (Å²) in [6.45, 7) is 1.44. The maximum atomic E-state index is 14.5. The lowest BCUT2D eigenvalue weighted by atomic mass is 9.94. The van der Waals surface area contributed by atoms with Crippen LogP contribution < -0.4 is 0 Å². The number of allylic oxidation sites excluding steroid dienone is 1. The van der Waals surface area contributed by atoms with Crippen LogP contribution in [0.25, 0.3) is 5.83 Å². The van der Waals surface area contributed by atoms with Crippen molar-refractivity contribution in [3.05, 3.63) is 75.3 Å². The Labute approximate surface area is 165 Å². The third-order valence-electron chi connectivity index (χ3n) is 4.04. The van der Waals surface area contributed by atoms with Crippen LogP contribution in [0.5, 0.6) is 0 Å². The number of hydrogen-bond acceptors (Lipinski definition) is 1. The van der Waals surface area contributed by atoms with Gasteiger partial charge in [0.05, 0.1) is 11.1 Å². The normalized spacial score (nSPS) is 14.0. The number of hydrogen-bond donors (Lipinski definition) is 1. The molecule has 10 heteroatoms. The number of carboxylic acids is 1. The van der Waals surface area contributed by atoms with Crippen molar-refractivity contribution in [3.8, 4) is 0 Å². The van der Waals surface area contributed by atoms with Crippen molar-refractivity contribution < 1.29 is 40.6 Å². The molecule has 1 atom stereocenters. The van der Waals surface area contributed by atoms with Gasteiger partial charge in [-0.3, -0.25) is 0 Å². The lowest BCUT2D eigenvalue weighted by Crippen LogP contribution is -2.19. The van der Waals surface area contributed by atoms with Crippen LogP contribution in [-0.4, -0.2) is 17.3 Å². The molecule has 156 valence electrons. The maximum Gasteiger partial charge on any atom is 0.417 e. The van der Waals surface area contributed by atoms with Crippen LogP contribution in [0, 0.1) is 6.92 Å². The predicted octanol–water partition coefficient (Wildman–Crippen LogP) is 7.02. The number of carbonyl (C=O) groups is 1. The average Bonchev–Trinajstić information content (AvgIpc) is 2.59. The second kappa shape index (κ2) is 8.06. The molecule has 2 aromatic rings. The molecular weight excluding hydrogens is 429 g/mol. The number of rotatable bonds is 4. The molecule has 0 aliphatic carbocycles. The Balaban J connectivity index is 2.58. The first-order valence-corrected chi connectivity index (χ1v) is 8.24. The Bertz CT molecular complexity index is 962. The lowest BCUT2D eigenvalue weighted by molar-refractivity contribution is -0.140. The number of carboxylic acid groups (broad SMARTS) is 1. The van der Waals surface area contributed by atoms with E-state index in [1.54, 1.807) is 0 Å². The van der Waals surface area contributed by atoms with E-state index < -0.39 is 46.8 Å². The van der Waals surface area contributed by atoms with Crippen molar-refractivity contribution in [3.63, 3.8) is 0 Å². The van der Waals surface area contributed by atoms with Gasteiger partial charge in [0.25, 0.3) is 0 Å². The molecule has 0 saturated carbocycles. The van der Waals surface area contributed by atoms with Crippen molar-refractivity contribution in [2.45, 2.75) is 25.2 Å². The second-order valence-corrected chi connectivity index (χ2v) is 6.51. The molecule has 29 heavy (non-hydrogen) atoms. The van der Waals surface area contributed by atoms with Gasteiger partial charge in [0.2, 0.25) is 0 Å². The molecule has 0 spiro atoms. The van der Waals surface area contributed by atoms with Crippen molar-refractivity contribution >= 4 is 23.4 Å². The first-order valence-electron chi connectivity index (χ1n) is 7.87. The van der Waals surface area contributed by atoms with Crippen LogP contribution in [0.4, 0.5) is 30.7 Å². The molecule has 0 fully saturated rings. The fourth-order valence-corrected chi connectivity index (χ4v) is 2.71. The Morgan fingerprint density at radius 1 is 1.07 bits per heavy atom. The summed E-state index contributed by atoms with van der Waals surface area (Å²) in [5.41, 5.74) is -3.70. The highest BCUT2D eigenvalue weighted by atomic mass is 35.5. The van der Waals surface area contributed by atoms with E-state index in [0.29, 0.717) is 17.7 Å². The average molecular weight is 441 g/mol. The zero-order valence-electron chi connectivity index (χ0n) is 14.5. The maximum absolute atomic E-state index is 14.5. The molecule has 0 aliphatic heterocycles. The largest absolute Gasteiger partial charge is 0.478 e. The Kier molecular flexibility index (Phi) is 6.32. The Morgan fingerprint density at radius 3 is 2.17 bits per heavy atom. The first kappa shape index (κ1) is 22.7. The predicted molar refractivity (Wildman–Crippen MR) is 92.5 cm³/mol. The summed E-state index contributed by atoms with van der Waals surface area (Å²) in [6, 6.07) is 4.65. The van der Waals surface area contributed by atoms with E-state index in [2.05, 4.69) is 0 Å². The number of halogens is 8. The molecule has 0 amide bonds. The lowest BCUT2D eigenvalue weighted by Gasteiger charge is -2.19. The summed E-state index contributed by atoms with van der Waals surface area (Å²) in [7, 11) is 0. The van der Waals surface area contributed by atoms with E-state index in [1.807, 2.05) is 0 Å². The number of aromatic carboxylic acids is 1. The summed E-state index contributed by atoms with van der Waals surface area (Å²) < 4.78 is 94.0. The van der Waals surface area contributed by atoms with Crippen molar-refractivity contribution in [2.24, 2.45) is 0 Å². The highest BCUT2D eigenvalue weighted by Crippen LogP contribution is 2.40. The summed E-state index contributed by atoms with van der Waals surface area (Å²) >= 11 is 5.78. The minimum absolute atomic E-state index is 0.138. The van der Waals surface area contributed by atoms with Crippen molar-refractivity contribution in [2.75, 3.05) is 0 Å². The minimum Gasteiger partial charge on any atom is -0.478 e. The first-order chi connectivity index (χ1) is 13.2. The van der Waals surface area contributed by atoms with Gasteiger partial charge in [-0.1, -0.05) is 29.8 Å². The zero-order valence-corrected chi connectivity index (χ0v) is 15.3. The quantitative estimate of drug-likeness (QED) is 0.519. The Hall–Kier alpha value is -2.55. The van der Waals surface area contributed by atoms with Gasteiger partial charge in [0, 0.05) is 10.6 Å². The molecule has 0 bridgehead atoms. The van der Waals surface area contributed by atoms with Gasteiger partial charge in [0.1, 0.15) is 11.7 Å². The fourth-order valence-electron chi connectivity index (χ4n) is 2.60. The van der Waals surface area contributed by atoms with Crippen LogP contribution in [0.1, 0.15) is 38.5 Å². The smallest absolute Gasteiger partial charge is 0.417 e. The van der Waals surface area contributed by atoms with Gasteiger partial charge in [-0.05, 0) is 42.3 Å². The molecule has 0 heterocycles. The standard InChI is InChI=1S/C19H12ClF7O2/c1-9-6-10(3-5-15(9)20)13(18(22,23)24)8-16(21)11-2-4-12(17(28)29)14(7-11)19(25,26)27/h2-8,13H,1H3,(H,28,29). The Morgan fingerprint density at radius 2 is 1.69 bits per heavy atom.